The summed E-state index contributed by atoms with van der Waals surface area (Å²) in [6.45, 7) is 5.25. The highest BCUT2D eigenvalue weighted by molar-refractivity contribution is 6.35. The van der Waals surface area contributed by atoms with E-state index in [9.17, 15) is 4.79 Å². The number of hydrogen-bond donors (Lipinski definition) is 2. The maximum Gasteiger partial charge on any atom is 0.341 e. The van der Waals surface area contributed by atoms with E-state index in [0.29, 0.717) is 15.8 Å². The Kier molecular flexibility index (Phi) is 16.3. The monoisotopic (exact) mass is 339 g/mol. The van der Waals surface area contributed by atoms with Gasteiger partial charge in [0, 0.05) is 18.2 Å². The Balaban J connectivity index is 0. The number of benzene rings is 1. The summed E-state index contributed by atoms with van der Waals surface area (Å²) >= 11 is 11.3. The molecule has 0 spiro atoms. The molecular formula is C14H23Cl2NO4. The Morgan fingerprint density at radius 1 is 1.24 bits per heavy atom. The van der Waals surface area contributed by atoms with Crippen molar-refractivity contribution < 1.29 is 19.4 Å². The van der Waals surface area contributed by atoms with Gasteiger partial charge in [-0.2, -0.15) is 0 Å². The third-order valence-electron chi connectivity index (χ3n) is 1.65. The highest BCUT2D eigenvalue weighted by Gasteiger charge is 2.04. The van der Waals surface area contributed by atoms with Gasteiger partial charge in [0.2, 0.25) is 0 Å². The number of carboxylic acid groups (broad SMARTS) is 1. The molecule has 0 aliphatic carbocycles. The number of nitrogens with one attached hydrogen (secondary N) is 1. The van der Waals surface area contributed by atoms with Gasteiger partial charge in [-0.1, -0.05) is 23.2 Å². The molecule has 7 heteroatoms. The van der Waals surface area contributed by atoms with Gasteiger partial charge in [0.05, 0.1) is 5.02 Å². The molecule has 0 aromatic heterocycles. The van der Waals surface area contributed by atoms with Gasteiger partial charge >= 0.3 is 5.97 Å². The maximum atomic E-state index is 10.2. The Bertz CT molecular complexity index is 387. The number of ether oxygens (including phenoxy) is 2. The predicted molar refractivity (Wildman–Crippen MR) is 86.7 cm³/mol. The average molecular weight is 340 g/mol. The fourth-order valence-electron chi connectivity index (χ4n) is 0.936. The van der Waals surface area contributed by atoms with E-state index in [1.165, 1.54) is 12.1 Å². The highest BCUT2D eigenvalue weighted by Crippen LogP contribution is 2.27. The van der Waals surface area contributed by atoms with E-state index in [4.69, 9.17) is 37.8 Å². The van der Waals surface area contributed by atoms with Crippen LogP contribution in [0.2, 0.25) is 10.0 Å². The smallest absolute Gasteiger partial charge is 0.341 e. The molecule has 0 aliphatic rings. The number of carbonyl (C=O) groups is 1. The van der Waals surface area contributed by atoms with Crippen LogP contribution in [0, 0.1) is 0 Å². The van der Waals surface area contributed by atoms with E-state index in [2.05, 4.69) is 5.32 Å². The lowest BCUT2D eigenvalue weighted by Gasteiger charge is -2.04. The second-order valence-corrected chi connectivity index (χ2v) is 4.38. The van der Waals surface area contributed by atoms with Crippen LogP contribution < -0.4 is 10.1 Å². The van der Waals surface area contributed by atoms with Crippen molar-refractivity contribution in [1.29, 1.82) is 0 Å². The van der Waals surface area contributed by atoms with Gasteiger partial charge in [0.25, 0.3) is 0 Å². The van der Waals surface area contributed by atoms with Crippen molar-refractivity contribution in [3.05, 3.63) is 28.2 Å². The molecule has 0 atom stereocenters. The molecule has 0 unspecified atom stereocenters. The fourth-order valence-corrected chi connectivity index (χ4v) is 1.40. The molecule has 0 heterocycles. The standard InChI is InChI=1S/C8H6Cl2O3.C4H10O.C2H7N/c9-5-1-2-7(6(10)3-5)13-4-8(11)12;1-3-5-4-2;1-3-2/h1-3H,4H2,(H,11,12);3-4H2,1-2H3;3H,1-2H3. The minimum atomic E-state index is -1.05. The first-order valence-corrected chi connectivity index (χ1v) is 7.14. The molecule has 122 valence electrons. The largest absolute Gasteiger partial charge is 0.480 e. The number of halogens is 2. The van der Waals surface area contributed by atoms with Gasteiger partial charge in [-0.05, 0) is 46.1 Å². The van der Waals surface area contributed by atoms with Crippen LogP contribution in [0.3, 0.4) is 0 Å². The molecule has 2 N–H and O–H groups in total. The zero-order chi connectivity index (χ0) is 16.7. The average Bonchev–Trinajstić information content (AvgIpc) is 2.40. The van der Waals surface area contributed by atoms with Crippen LogP contribution in [-0.4, -0.2) is 45.0 Å². The van der Waals surface area contributed by atoms with Crippen LogP contribution in [0.15, 0.2) is 18.2 Å². The van der Waals surface area contributed by atoms with Crippen molar-refractivity contribution >= 4 is 29.2 Å². The van der Waals surface area contributed by atoms with E-state index in [1.807, 2.05) is 27.9 Å². The maximum absolute atomic E-state index is 10.2. The molecule has 21 heavy (non-hydrogen) atoms. The Labute approximate surface area is 136 Å². The molecule has 0 amide bonds. The molecule has 0 aliphatic heterocycles. The molecule has 0 radical (unpaired) electrons. The minimum Gasteiger partial charge on any atom is -0.480 e. The summed E-state index contributed by atoms with van der Waals surface area (Å²) in [5.41, 5.74) is 0. The third-order valence-corrected chi connectivity index (χ3v) is 2.18. The quantitative estimate of drug-likeness (QED) is 0.861. The van der Waals surface area contributed by atoms with Crippen molar-refractivity contribution in [2.24, 2.45) is 0 Å². The lowest BCUT2D eigenvalue weighted by molar-refractivity contribution is -0.139. The van der Waals surface area contributed by atoms with Gasteiger partial charge in [0.1, 0.15) is 5.75 Å². The molecule has 0 saturated heterocycles. The summed E-state index contributed by atoms with van der Waals surface area (Å²) in [7, 11) is 3.75. The van der Waals surface area contributed by atoms with Crippen LogP contribution >= 0.6 is 23.2 Å². The molecular weight excluding hydrogens is 317 g/mol. The fraction of sp³-hybridized carbons (Fsp3) is 0.500. The number of hydrogen-bond acceptors (Lipinski definition) is 4. The summed E-state index contributed by atoms with van der Waals surface area (Å²) < 4.78 is 9.70. The normalized spacial score (nSPS) is 8.86. The van der Waals surface area contributed by atoms with Crippen molar-refractivity contribution in [2.45, 2.75) is 13.8 Å². The summed E-state index contributed by atoms with van der Waals surface area (Å²) in [6, 6.07) is 4.58. The van der Waals surface area contributed by atoms with Crippen LogP contribution in [0.25, 0.3) is 0 Å². The van der Waals surface area contributed by atoms with Crippen molar-refractivity contribution in [2.75, 3.05) is 33.9 Å². The van der Waals surface area contributed by atoms with Crippen LogP contribution in [0.4, 0.5) is 0 Å². The first kappa shape index (κ1) is 22.3. The Hall–Kier alpha value is -1.01. The summed E-state index contributed by atoms with van der Waals surface area (Å²) in [4.78, 5) is 10.2. The second kappa shape index (κ2) is 15.4. The van der Waals surface area contributed by atoms with Gasteiger partial charge in [-0.25, -0.2) is 4.79 Å². The van der Waals surface area contributed by atoms with E-state index >= 15 is 0 Å². The van der Waals surface area contributed by atoms with Gasteiger partial charge < -0.3 is 19.9 Å². The first-order chi connectivity index (χ1) is 9.92. The topological polar surface area (TPSA) is 67.8 Å². The summed E-state index contributed by atoms with van der Waals surface area (Å²) in [5.74, 6) is -0.737. The summed E-state index contributed by atoms with van der Waals surface area (Å²) in [6.07, 6.45) is 0. The van der Waals surface area contributed by atoms with Gasteiger partial charge in [0.15, 0.2) is 6.61 Å². The molecule has 1 aromatic carbocycles. The third kappa shape index (κ3) is 15.2. The van der Waals surface area contributed by atoms with E-state index in [0.717, 1.165) is 13.2 Å². The molecule has 1 aromatic rings. The predicted octanol–water partition coefficient (Wildman–Crippen LogP) is 3.34. The van der Waals surface area contributed by atoms with E-state index in [1.54, 1.807) is 6.07 Å². The van der Waals surface area contributed by atoms with Crippen LogP contribution in [-0.2, 0) is 9.53 Å². The Morgan fingerprint density at radius 3 is 2.10 bits per heavy atom. The number of aliphatic carboxylic acids is 1. The van der Waals surface area contributed by atoms with Crippen molar-refractivity contribution in [3.63, 3.8) is 0 Å². The Morgan fingerprint density at radius 2 is 1.76 bits per heavy atom. The lowest BCUT2D eigenvalue weighted by Crippen LogP contribution is -2.09. The molecule has 5 nitrogen and oxygen atoms in total. The molecule has 0 saturated carbocycles. The highest BCUT2D eigenvalue weighted by atomic mass is 35.5. The zero-order valence-corrected chi connectivity index (χ0v) is 14.3. The van der Waals surface area contributed by atoms with Crippen molar-refractivity contribution in [3.8, 4) is 5.75 Å². The van der Waals surface area contributed by atoms with Crippen LogP contribution in [0.1, 0.15) is 13.8 Å². The SMILES string of the molecule is CCOCC.CNC.O=C(O)COc1ccc(Cl)cc1Cl. The van der Waals surface area contributed by atoms with Crippen molar-refractivity contribution in [1.82, 2.24) is 5.32 Å². The molecule has 0 bridgehead atoms. The number of carboxylic acids is 1. The first-order valence-electron chi connectivity index (χ1n) is 6.38. The summed E-state index contributed by atoms with van der Waals surface area (Å²) in [5, 5.41) is 11.9. The van der Waals surface area contributed by atoms with Crippen LogP contribution in [0.5, 0.6) is 5.75 Å². The van der Waals surface area contributed by atoms with Gasteiger partial charge in [-0.3, -0.25) is 0 Å². The minimum absolute atomic E-state index is 0.300. The molecule has 1 rings (SSSR count). The van der Waals surface area contributed by atoms with Gasteiger partial charge in [-0.15, -0.1) is 0 Å². The zero-order valence-electron chi connectivity index (χ0n) is 12.8. The lowest BCUT2D eigenvalue weighted by atomic mass is 10.3. The number of rotatable bonds is 5. The van der Waals surface area contributed by atoms with E-state index in [-0.39, 0.29) is 0 Å². The second-order valence-electron chi connectivity index (χ2n) is 3.54. The van der Waals surface area contributed by atoms with E-state index < -0.39 is 12.6 Å². The molecule has 0 fully saturated rings.